The van der Waals surface area contributed by atoms with Gasteiger partial charge in [-0.25, -0.2) is 0 Å². The molecule has 0 aliphatic heterocycles. The molecule has 1 aromatic carbocycles. The average Bonchev–Trinajstić information content (AvgIpc) is 2.36. The zero-order valence-corrected chi connectivity index (χ0v) is 13.1. The van der Waals surface area contributed by atoms with Crippen molar-refractivity contribution in [2.45, 2.75) is 33.2 Å². The summed E-state index contributed by atoms with van der Waals surface area (Å²) in [5.74, 6) is -0.540. The molecule has 112 valence electrons. The highest BCUT2D eigenvalue weighted by Gasteiger charge is 2.28. The first-order chi connectivity index (χ1) is 9.17. The summed E-state index contributed by atoms with van der Waals surface area (Å²) in [7, 11) is -3.62. The Morgan fingerprint density at radius 1 is 1.20 bits per heavy atom. The summed E-state index contributed by atoms with van der Waals surface area (Å²) in [5.41, 5.74) is 0.236. The molecule has 1 amide bonds. The van der Waals surface area contributed by atoms with E-state index in [1.807, 2.05) is 39.0 Å². The molecule has 1 aromatic rings. The first-order valence-electron chi connectivity index (χ1n) is 6.42. The molecule has 0 saturated carbocycles. The lowest BCUT2D eigenvalue weighted by Crippen LogP contribution is -2.47. The molecule has 0 unspecified atom stereocenters. The number of rotatable bonds is 5. The van der Waals surface area contributed by atoms with Crippen molar-refractivity contribution in [3.63, 3.8) is 0 Å². The van der Waals surface area contributed by atoms with Crippen molar-refractivity contribution in [1.29, 1.82) is 0 Å². The Bertz CT molecular complexity index is 546. The molecule has 0 radical (unpaired) electrons. The van der Waals surface area contributed by atoms with Crippen molar-refractivity contribution >= 4 is 21.7 Å². The molecule has 0 spiro atoms. The van der Waals surface area contributed by atoms with Gasteiger partial charge in [-0.15, -0.1) is 0 Å². The topological polar surface area (TPSA) is 63.7 Å². The van der Waals surface area contributed by atoms with E-state index in [2.05, 4.69) is 0 Å². The molecule has 0 saturated heterocycles. The molecule has 0 fully saturated rings. The maximum Gasteiger partial charge on any atom is 0.267 e. The van der Waals surface area contributed by atoms with Crippen molar-refractivity contribution in [1.82, 2.24) is 0 Å². The van der Waals surface area contributed by atoms with E-state index in [0.717, 1.165) is 0 Å². The van der Waals surface area contributed by atoms with Crippen LogP contribution in [-0.4, -0.2) is 32.2 Å². The molecule has 5 nitrogen and oxygen atoms in total. The summed E-state index contributed by atoms with van der Waals surface area (Å²) >= 11 is 0. The van der Waals surface area contributed by atoms with Crippen molar-refractivity contribution in [2.24, 2.45) is 0 Å². The van der Waals surface area contributed by atoms with Gasteiger partial charge < -0.3 is 4.90 Å². The van der Waals surface area contributed by atoms with Gasteiger partial charge in [-0.1, -0.05) is 18.2 Å². The average molecular weight is 299 g/mol. The van der Waals surface area contributed by atoms with Gasteiger partial charge in [-0.05, 0) is 39.8 Å². The van der Waals surface area contributed by atoms with Crippen LogP contribution in [0.25, 0.3) is 0 Å². The smallest absolute Gasteiger partial charge is 0.267 e. The Hall–Kier alpha value is -1.40. The van der Waals surface area contributed by atoms with Crippen LogP contribution >= 0.6 is 0 Å². The van der Waals surface area contributed by atoms with E-state index in [9.17, 15) is 13.2 Å². The largest absolute Gasteiger partial charge is 0.305 e. The van der Waals surface area contributed by atoms with E-state index in [-0.39, 0.29) is 11.7 Å². The number of nitrogens with zero attached hydrogens (tertiary/aromatic N) is 1. The summed E-state index contributed by atoms with van der Waals surface area (Å²) in [4.78, 5) is 13.8. The van der Waals surface area contributed by atoms with Crippen LogP contribution in [-0.2, 0) is 19.1 Å². The molecule has 20 heavy (non-hydrogen) atoms. The maximum absolute atomic E-state index is 12.3. The van der Waals surface area contributed by atoms with Crippen LogP contribution in [0.15, 0.2) is 30.3 Å². The number of para-hydroxylation sites is 1. The van der Waals surface area contributed by atoms with Crippen LogP contribution in [0.3, 0.4) is 0 Å². The Balaban J connectivity index is 2.94. The quantitative estimate of drug-likeness (QED) is 0.782. The minimum atomic E-state index is -3.62. The molecule has 0 aliphatic carbocycles. The fourth-order valence-corrected chi connectivity index (χ4v) is 2.22. The highest BCUT2D eigenvalue weighted by molar-refractivity contribution is 7.86. The third-order valence-corrected chi connectivity index (χ3v) is 3.83. The normalized spacial score (nSPS) is 12.2. The van der Waals surface area contributed by atoms with Crippen LogP contribution < -0.4 is 4.90 Å². The lowest BCUT2D eigenvalue weighted by atomic mass is 10.0. The second kappa shape index (κ2) is 6.37. The minimum Gasteiger partial charge on any atom is -0.305 e. The Labute approximate surface area is 120 Å². The van der Waals surface area contributed by atoms with Crippen LogP contribution in [0.2, 0.25) is 0 Å². The Morgan fingerprint density at radius 3 is 2.20 bits per heavy atom. The van der Waals surface area contributed by atoms with Gasteiger partial charge in [0.15, 0.2) is 0 Å². The van der Waals surface area contributed by atoms with Gasteiger partial charge in [0.1, 0.15) is 6.61 Å². The predicted molar refractivity (Wildman–Crippen MR) is 79.1 cm³/mol. The van der Waals surface area contributed by atoms with Gasteiger partial charge in [0.25, 0.3) is 16.0 Å². The summed E-state index contributed by atoms with van der Waals surface area (Å²) in [6.45, 7) is 6.63. The SMILES string of the molecule is CCS(=O)(=O)OCC(=O)N(c1ccccc1)C(C)(C)C. The Kier molecular flexibility index (Phi) is 5.30. The lowest BCUT2D eigenvalue weighted by molar-refractivity contribution is -0.121. The predicted octanol–water partition coefficient (Wildman–Crippen LogP) is 2.18. The molecule has 0 heterocycles. The molecule has 1 rings (SSSR count). The number of anilines is 1. The van der Waals surface area contributed by atoms with Gasteiger partial charge >= 0.3 is 0 Å². The van der Waals surface area contributed by atoms with Gasteiger partial charge in [-0.2, -0.15) is 8.42 Å². The zero-order chi connectivity index (χ0) is 15.4. The second-order valence-electron chi connectivity index (χ2n) is 5.34. The fraction of sp³-hybridized carbons (Fsp3) is 0.500. The number of benzene rings is 1. The monoisotopic (exact) mass is 299 g/mol. The van der Waals surface area contributed by atoms with Gasteiger partial charge in [0.05, 0.1) is 5.75 Å². The number of hydrogen-bond acceptors (Lipinski definition) is 4. The molecular formula is C14H21NO4S. The lowest BCUT2D eigenvalue weighted by Gasteiger charge is -2.35. The van der Waals surface area contributed by atoms with Crippen molar-refractivity contribution in [3.8, 4) is 0 Å². The van der Waals surface area contributed by atoms with Crippen LogP contribution in [0.4, 0.5) is 5.69 Å². The molecule has 0 aromatic heterocycles. The minimum absolute atomic E-state index is 0.152. The van der Waals surface area contributed by atoms with Gasteiger partial charge in [-0.3, -0.25) is 8.98 Å². The van der Waals surface area contributed by atoms with Crippen molar-refractivity contribution < 1.29 is 17.4 Å². The van der Waals surface area contributed by atoms with E-state index < -0.39 is 22.3 Å². The number of carbonyl (C=O) groups is 1. The summed E-state index contributed by atoms with van der Waals surface area (Å²) in [6, 6.07) is 9.11. The number of carbonyl (C=O) groups excluding carboxylic acids is 1. The molecule has 0 aliphatic rings. The highest BCUT2D eigenvalue weighted by atomic mass is 32.2. The molecule has 0 atom stereocenters. The molecule has 6 heteroatoms. The van der Waals surface area contributed by atoms with E-state index in [4.69, 9.17) is 4.18 Å². The first kappa shape index (κ1) is 16.7. The standard InChI is InChI=1S/C14H21NO4S/c1-5-20(17,18)19-11-13(16)15(14(2,3)4)12-9-7-6-8-10-12/h6-10H,5,11H2,1-4H3. The fourth-order valence-electron chi connectivity index (χ4n) is 1.77. The molecule has 0 N–H and O–H groups in total. The van der Waals surface area contributed by atoms with E-state index >= 15 is 0 Å². The van der Waals surface area contributed by atoms with E-state index in [0.29, 0.717) is 5.69 Å². The third-order valence-electron chi connectivity index (χ3n) is 2.65. The van der Waals surface area contributed by atoms with Crippen LogP contribution in [0, 0.1) is 0 Å². The van der Waals surface area contributed by atoms with E-state index in [1.54, 1.807) is 12.1 Å². The molecule has 0 bridgehead atoms. The van der Waals surface area contributed by atoms with Gasteiger partial charge in [0.2, 0.25) is 0 Å². The summed E-state index contributed by atoms with van der Waals surface area (Å²) in [6.07, 6.45) is 0. The van der Waals surface area contributed by atoms with Crippen molar-refractivity contribution in [2.75, 3.05) is 17.3 Å². The Morgan fingerprint density at radius 2 is 1.75 bits per heavy atom. The van der Waals surface area contributed by atoms with Crippen LogP contribution in [0.1, 0.15) is 27.7 Å². The first-order valence-corrected chi connectivity index (χ1v) is 8.00. The summed E-state index contributed by atoms with van der Waals surface area (Å²) in [5, 5.41) is 0. The van der Waals surface area contributed by atoms with E-state index in [1.165, 1.54) is 11.8 Å². The van der Waals surface area contributed by atoms with Crippen LogP contribution in [0.5, 0.6) is 0 Å². The van der Waals surface area contributed by atoms with Gasteiger partial charge in [0, 0.05) is 11.2 Å². The highest BCUT2D eigenvalue weighted by Crippen LogP contribution is 2.23. The zero-order valence-electron chi connectivity index (χ0n) is 12.3. The third kappa shape index (κ3) is 4.61. The van der Waals surface area contributed by atoms with Crippen molar-refractivity contribution in [3.05, 3.63) is 30.3 Å². The number of amides is 1. The summed E-state index contributed by atoms with van der Waals surface area (Å²) < 4.78 is 27.4. The maximum atomic E-state index is 12.3. The number of hydrogen-bond donors (Lipinski definition) is 0. The second-order valence-corrected chi connectivity index (χ2v) is 7.27. The molecular weight excluding hydrogens is 278 g/mol.